The van der Waals surface area contributed by atoms with Crippen molar-refractivity contribution in [2.45, 2.75) is 0 Å². The van der Waals surface area contributed by atoms with Crippen LogP contribution >= 0.6 is 0 Å². The van der Waals surface area contributed by atoms with Crippen molar-refractivity contribution in [1.29, 1.82) is 0 Å². The molecule has 0 bridgehead atoms. The van der Waals surface area contributed by atoms with Gasteiger partial charge in [-0.15, -0.1) is 0 Å². The van der Waals surface area contributed by atoms with Crippen LogP contribution in [0.25, 0.3) is 11.1 Å². The van der Waals surface area contributed by atoms with Crippen LogP contribution in [0.2, 0.25) is 0 Å². The van der Waals surface area contributed by atoms with Crippen LogP contribution in [0.3, 0.4) is 0 Å². The van der Waals surface area contributed by atoms with Crippen molar-refractivity contribution < 1.29 is 9.53 Å². The van der Waals surface area contributed by atoms with E-state index < -0.39 is 0 Å². The average Bonchev–Trinajstić information content (AvgIpc) is 2.76. The molecule has 1 amide bonds. The quantitative estimate of drug-likeness (QED) is 0.672. The van der Waals surface area contributed by atoms with Crippen molar-refractivity contribution in [3.8, 4) is 11.1 Å². The first-order chi connectivity index (χ1) is 13.7. The maximum Gasteiger partial charge on any atom is 0.275 e. The lowest BCUT2D eigenvalue weighted by Crippen LogP contribution is -2.36. The van der Waals surface area contributed by atoms with Gasteiger partial charge in [-0.25, -0.2) is 9.97 Å². The molecule has 8 nitrogen and oxygen atoms in total. The van der Waals surface area contributed by atoms with Gasteiger partial charge in [-0.2, -0.15) is 0 Å². The number of rotatable bonds is 4. The van der Waals surface area contributed by atoms with Gasteiger partial charge >= 0.3 is 0 Å². The number of nitrogens with one attached hydrogen (secondary N) is 1. The first kappa shape index (κ1) is 17.9. The molecule has 8 heteroatoms. The summed E-state index contributed by atoms with van der Waals surface area (Å²) in [6.45, 7) is 2.85. The van der Waals surface area contributed by atoms with E-state index in [-0.39, 0.29) is 11.6 Å². The lowest BCUT2D eigenvalue weighted by molar-refractivity contribution is 0.102. The fourth-order valence-corrected chi connectivity index (χ4v) is 2.96. The number of hydrogen-bond acceptors (Lipinski definition) is 7. The van der Waals surface area contributed by atoms with Gasteiger partial charge in [-0.05, 0) is 23.8 Å². The van der Waals surface area contributed by atoms with Gasteiger partial charge in [0, 0.05) is 31.0 Å². The number of nitrogens with two attached hydrogens (primary N) is 1. The molecule has 1 saturated heterocycles. The highest BCUT2D eigenvalue weighted by molar-refractivity contribution is 6.04. The molecule has 1 aromatic carbocycles. The minimum absolute atomic E-state index is 0.225. The molecule has 0 saturated carbocycles. The summed E-state index contributed by atoms with van der Waals surface area (Å²) in [6.07, 6.45) is 6.55. The van der Waals surface area contributed by atoms with Crippen LogP contribution in [0.4, 0.5) is 17.2 Å². The Labute approximate surface area is 162 Å². The SMILES string of the molecule is Nc1ccc(-c2cccnc2)cc1NC(=O)c1cnc(N2CCOCC2)cn1. The summed E-state index contributed by atoms with van der Waals surface area (Å²) >= 11 is 0. The van der Waals surface area contributed by atoms with Crippen molar-refractivity contribution in [2.24, 2.45) is 0 Å². The lowest BCUT2D eigenvalue weighted by atomic mass is 10.1. The number of anilines is 3. The summed E-state index contributed by atoms with van der Waals surface area (Å²) in [5.74, 6) is 0.369. The van der Waals surface area contributed by atoms with Gasteiger partial charge < -0.3 is 20.7 Å². The molecule has 1 aliphatic heterocycles. The summed E-state index contributed by atoms with van der Waals surface area (Å²) in [7, 11) is 0. The van der Waals surface area contributed by atoms with Gasteiger partial charge in [-0.1, -0.05) is 12.1 Å². The molecular weight excluding hydrogens is 356 g/mol. The zero-order chi connectivity index (χ0) is 19.3. The minimum Gasteiger partial charge on any atom is -0.397 e. The average molecular weight is 376 g/mol. The first-order valence-corrected chi connectivity index (χ1v) is 8.97. The zero-order valence-electron chi connectivity index (χ0n) is 15.2. The minimum atomic E-state index is -0.365. The molecule has 3 N–H and O–H groups in total. The monoisotopic (exact) mass is 376 g/mol. The molecule has 0 aliphatic carbocycles. The van der Waals surface area contributed by atoms with Crippen LogP contribution in [-0.2, 0) is 4.74 Å². The van der Waals surface area contributed by atoms with Crippen LogP contribution in [0.1, 0.15) is 10.5 Å². The summed E-state index contributed by atoms with van der Waals surface area (Å²) < 4.78 is 5.33. The second-order valence-corrected chi connectivity index (χ2v) is 6.36. The van der Waals surface area contributed by atoms with Crippen molar-refractivity contribution in [3.63, 3.8) is 0 Å². The number of carbonyl (C=O) groups excluding carboxylic acids is 1. The van der Waals surface area contributed by atoms with Gasteiger partial charge in [0.2, 0.25) is 0 Å². The molecule has 1 fully saturated rings. The van der Waals surface area contributed by atoms with Gasteiger partial charge in [-0.3, -0.25) is 9.78 Å². The third kappa shape index (κ3) is 3.91. The number of carbonyl (C=O) groups is 1. The summed E-state index contributed by atoms with van der Waals surface area (Å²) in [5.41, 5.74) is 9.09. The highest BCUT2D eigenvalue weighted by Gasteiger charge is 2.15. The van der Waals surface area contributed by atoms with Crippen LogP contribution in [0.5, 0.6) is 0 Å². The van der Waals surface area contributed by atoms with E-state index in [2.05, 4.69) is 25.2 Å². The Bertz CT molecular complexity index is 956. The topological polar surface area (TPSA) is 106 Å². The molecular formula is C20H20N6O2. The predicted molar refractivity (Wildman–Crippen MR) is 107 cm³/mol. The van der Waals surface area contributed by atoms with Gasteiger partial charge in [0.15, 0.2) is 0 Å². The smallest absolute Gasteiger partial charge is 0.275 e. The Hall–Kier alpha value is -3.52. The van der Waals surface area contributed by atoms with E-state index in [4.69, 9.17) is 10.5 Å². The molecule has 3 heterocycles. The highest BCUT2D eigenvalue weighted by Crippen LogP contribution is 2.27. The predicted octanol–water partition coefficient (Wildman–Crippen LogP) is 2.21. The summed E-state index contributed by atoms with van der Waals surface area (Å²) in [6, 6.07) is 9.26. The van der Waals surface area contributed by atoms with E-state index in [0.717, 1.165) is 30.0 Å². The number of ether oxygens (including phenoxy) is 1. The molecule has 4 rings (SSSR count). The van der Waals surface area contributed by atoms with E-state index in [1.165, 1.54) is 6.20 Å². The Balaban J connectivity index is 1.50. The molecule has 1 aliphatic rings. The fourth-order valence-electron chi connectivity index (χ4n) is 2.96. The van der Waals surface area contributed by atoms with Crippen molar-refractivity contribution in [3.05, 3.63) is 60.8 Å². The number of nitrogen functional groups attached to an aromatic ring is 1. The maximum absolute atomic E-state index is 12.6. The molecule has 0 unspecified atom stereocenters. The molecule has 3 aromatic rings. The fraction of sp³-hybridized carbons (Fsp3) is 0.200. The Morgan fingerprint density at radius 3 is 2.64 bits per heavy atom. The third-order valence-electron chi connectivity index (χ3n) is 4.50. The molecule has 0 spiro atoms. The maximum atomic E-state index is 12.6. The number of aromatic nitrogens is 3. The van der Waals surface area contributed by atoms with E-state index >= 15 is 0 Å². The largest absolute Gasteiger partial charge is 0.397 e. The van der Waals surface area contributed by atoms with E-state index in [9.17, 15) is 4.79 Å². The number of nitrogens with zero attached hydrogens (tertiary/aromatic N) is 4. The van der Waals surface area contributed by atoms with Crippen LogP contribution in [-0.4, -0.2) is 47.2 Å². The van der Waals surface area contributed by atoms with Gasteiger partial charge in [0.1, 0.15) is 11.5 Å². The number of hydrogen-bond donors (Lipinski definition) is 2. The van der Waals surface area contributed by atoms with Crippen molar-refractivity contribution in [1.82, 2.24) is 15.0 Å². The Morgan fingerprint density at radius 2 is 1.93 bits per heavy atom. The molecule has 2 aromatic heterocycles. The number of amides is 1. The number of benzene rings is 1. The van der Waals surface area contributed by atoms with Crippen LogP contribution in [0.15, 0.2) is 55.1 Å². The standard InChI is InChI=1S/C20H20N6O2/c21-16-4-3-14(15-2-1-5-22-11-15)10-17(16)25-20(27)18-12-24-19(13-23-18)26-6-8-28-9-7-26/h1-5,10-13H,6-9,21H2,(H,25,27). The van der Waals surface area contributed by atoms with Gasteiger partial charge in [0.25, 0.3) is 5.91 Å². The second-order valence-electron chi connectivity index (χ2n) is 6.36. The zero-order valence-corrected chi connectivity index (χ0v) is 15.2. The molecule has 142 valence electrons. The lowest BCUT2D eigenvalue weighted by Gasteiger charge is -2.27. The van der Waals surface area contributed by atoms with E-state index in [0.29, 0.717) is 24.6 Å². The van der Waals surface area contributed by atoms with Crippen molar-refractivity contribution >= 4 is 23.1 Å². The molecule has 28 heavy (non-hydrogen) atoms. The number of pyridine rings is 1. The van der Waals surface area contributed by atoms with Gasteiger partial charge in [0.05, 0.1) is 37.0 Å². The Kier molecular flexibility index (Phi) is 5.11. The van der Waals surface area contributed by atoms with E-state index in [1.807, 2.05) is 24.3 Å². The first-order valence-electron chi connectivity index (χ1n) is 8.97. The van der Waals surface area contributed by atoms with Crippen molar-refractivity contribution in [2.75, 3.05) is 42.3 Å². The second kappa shape index (κ2) is 8.01. The molecule has 0 radical (unpaired) electrons. The summed E-state index contributed by atoms with van der Waals surface area (Å²) in [5, 5.41) is 2.82. The normalized spacial score (nSPS) is 13.9. The van der Waals surface area contributed by atoms with Crippen LogP contribution in [0, 0.1) is 0 Å². The van der Waals surface area contributed by atoms with E-state index in [1.54, 1.807) is 24.7 Å². The van der Waals surface area contributed by atoms with Crippen LogP contribution < -0.4 is 16.0 Å². The Morgan fingerprint density at radius 1 is 1.07 bits per heavy atom. The summed E-state index contributed by atoms with van der Waals surface area (Å²) in [4.78, 5) is 27.4. The number of morpholine rings is 1. The third-order valence-corrected chi connectivity index (χ3v) is 4.50. The highest BCUT2D eigenvalue weighted by atomic mass is 16.5. The molecule has 0 atom stereocenters.